The van der Waals surface area contributed by atoms with Crippen LogP contribution < -0.4 is 10.9 Å². The Kier molecular flexibility index (Phi) is 8.55. The molecular formula is C25H40N4O3. The molecule has 0 bridgehead atoms. The number of methoxy groups -OCH3 is 1. The highest BCUT2D eigenvalue weighted by Crippen LogP contribution is 2.29. The Balaban J connectivity index is 1.33. The standard InChI is InChI=1S/C25H40N4O3/c1-3-32-25(30)24-22(15-26-27-24)18-28(11-12-31-2)16-19-7-6-10-29(17-19)23-13-20-8-4-5-9-21(20)14-23/h4-5,8-9,19,22-24,26-27H,3,6-7,10-18H2,1-2H3. The van der Waals surface area contributed by atoms with Gasteiger partial charge in [0.15, 0.2) is 0 Å². The average molecular weight is 445 g/mol. The minimum Gasteiger partial charge on any atom is -0.465 e. The number of carbonyl (C=O) groups excluding carboxylic acids is 1. The van der Waals surface area contributed by atoms with E-state index in [1.807, 2.05) is 6.92 Å². The maximum atomic E-state index is 12.4. The van der Waals surface area contributed by atoms with E-state index < -0.39 is 0 Å². The maximum Gasteiger partial charge on any atom is 0.324 e. The Bertz CT molecular complexity index is 721. The topological polar surface area (TPSA) is 66.1 Å². The molecule has 1 aromatic carbocycles. The largest absolute Gasteiger partial charge is 0.465 e. The van der Waals surface area contributed by atoms with E-state index in [0.717, 1.165) is 26.2 Å². The van der Waals surface area contributed by atoms with Crippen molar-refractivity contribution in [3.8, 4) is 0 Å². The minimum atomic E-state index is -0.278. The number of hydrazine groups is 1. The number of nitrogens with zero attached hydrogens (tertiary/aromatic N) is 2. The van der Waals surface area contributed by atoms with Crippen LogP contribution in [-0.2, 0) is 27.1 Å². The smallest absolute Gasteiger partial charge is 0.324 e. The summed E-state index contributed by atoms with van der Waals surface area (Å²) in [4.78, 5) is 17.6. The Hall–Kier alpha value is -1.51. The molecule has 3 unspecified atom stereocenters. The van der Waals surface area contributed by atoms with Crippen LogP contribution in [0.1, 0.15) is 30.9 Å². The molecule has 32 heavy (non-hydrogen) atoms. The first-order chi connectivity index (χ1) is 15.7. The first-order valence-corrected chi connectivity index (χ1v) is 12.3. The zero-order valence-corrected chi connectivity index (χ0v) is 19.7. The lowest BCUT2D eigenvalue weighted by molar-refractivity contribution is -0.146. The van der Waals surface area contributed by atoms with E-state index >= 15 is 0 Å². The molecule has 0 saturated carbocycles. The van der Waals surface area contributed by atoms with E-state index in [1.165, 1.54) is 49.9 Å². The summed E-state index contributed by atoms with van der Waals surface area (Å²) in [6.45, 7) is 8.99. The molecule has 1 aromatic rings. The van der Waals surface area contributed by atoms with Crippen molar-refractivity contribution in [1.29, 1.82) is 0 Å². The molecule has 178 valence electrons. The molecular weight excluding hydrogens is 404 g/mol. The van der Waals surface area contributed by atoms with Crippen molar-refractivity contribution in [1.82, 2.24) is 20.7 Å². The molecule has 0 aromatic heterocycles. The Labute approximate surface area is 192 Å². The Morgan fingerprint density at radius 2 is 2.00 bits per heavy atom. The van der Waals surface area contributed by atoms with Gasteiger partial charge in [0.1, 0.15) is 6.04 Å². The summed E-state index contributed by atoms with van der Waals surface area (Å²) in [6, 6.07) is 9.31. The Morgan fingerprint density at radius 1 is 1.22 bits per heavy atom. The van der Waals surface area contributed by atoms with Gasteiger partial charge in [0.25, 0.3) is 0 Å². The number of benzene rings is 1. The van der Waals surface area contributed by atoms with Crippen molar-refractivity contribution in [2.75, 3.05) is 59.6 Å². The van der Waals surface area contributed by atoms with Gasteiger partial charge in [0.05, 0.1) is 13.2 Å². The predicted octanol–water partition coefficient (Wildman–Crippen LogP) is 1.47. The molecule has 0 radical (unpaired) electrons. The molecule has 7 nitrogen and oxygen atoms in total. The highest BCUT2D eigenvalue weighted by atomic mass is 16.5. The number of piperidine rings is 1. The molecule has 2 N–H and O–H groups in total. The van der Waals surface area contributed by atoms with Crippen LogP contribution in [-0.4, -0.2) is 87.4 Å². The van der Waals surface area contributed by atoms with Gasteiger partial charge in [0, 0.05) is 51.8 Å². The fraction of sp³-hybridized carbons (Fsp3) is 0.720. The lowest BCUT2D eigenvalue weighted by Crippen LogP contribution is -2.48. The molecule has 2 heterocycles. The fourth-order valence-electron chi connectivity index (χ4n) is 5.74. The molecule has 4 rings (SSSR count). The SMILES string of the molecule is CCOC(=O)C1NNCC1CN(CCOC)CC1CCCN(C2Cc3ccccc3C2)C1. The van der Waals surface area contributed by atoms with Crippen LogP contribution in [0.5, 0.6) is 0 Å². The lowest BCUT2D eigenvalue weighted by Gasteiger charge is -2.39. The van der Waals surface area contributed by atoms with Crippen LogP contribution in [0, 0.1) is 11.8 Å². The van der Waals surface area contributed by atoms with Crippen molar-refractivity contribution in [2.24, 2.45) is 11.8 Å². The van der Waals surface area contributed by atoms with Crippen molar-refractivity contribution in [2.45, 2.75) is 44.7 Å². The van der Waals surface area contributed by atoms with E-state index in [2.05, 4.69) is 44.9 Å². The van der Waals surface area contributed by atoms with E-state index in [1.54, 1.807) is 7.11 Å². The van der Waals surface area contributed by atoms with E-state index in [9.17, 15) is 4.79 Å². The lowest BCUT2D eigenvalue weighted by atomic mass is 9.94. The van der Waals surface area contributed by atoms with E-state index in [0.29, 0.717) is 25.2 Å². The van der Waals surface area contributed by atoms with Crippen molar-refractivity contribution >= 4 is 5.97 Å². The molecule has 0 spiro atoms. The second-order valence-corrected chi connectivity index (χ2v) is 9.60. The van der Waals surface area contributed by atoms with Crippen LogP contribution in [0.3, 0.4) is 0 Å². The van der Waals surface area contributed by atoms with Crippen LogP contribution in [0.25, 0.3) is 0 Å². The van der Waals surface area contributed by atoms with Crippen LogP contribution in [0.15, 0.2) is 24.3 Å². The van der Waals surface area contributed by atoms with Crippen molar-refractivity contribution in [3.05, 3.63) is 35.4 Å². The van der Waals surface area contributed by atoms with Crippen molar-refractivity contribution < 1.29 is 14.3 Å². The number of carbonyl (C=O) groups is 1. The third-order valence-corrected chi connectivity index (χ3v) is 7.35. The zero-order valence-electron chi connectivity index (χ0n) is 19.7. The summed E-state index contributed by atoms with van der Waals surface area (Å²) < 4.78 is 10.7. The predicted molar refractivity (Wildman–Crippen MR) is 125 cm³/mol. The number of ether oxygens (including phenoxy) is 2. The van der Waals surface area contributed by atoms with Crippen LogP contribution >= 0.6 is 0 Å². The minimum absolute atomic E-state index is 0.154. The van der Waals surface area contributed by atoms with Gasteiger partial charge < -0.3 is 14.4 Å². The molecule has 3 atom stereocenters. The van der Waals surface area contributed by atoms with E-state index in [-0.39, 0.29) is 17.9 Å². The fourth-order valence-corrected chi connectivity index (χ4v) is 5.74. The number of fused-ring (bicyclic) bond motifs is 1. The van der Waals surface area contributed by atoms with E-state index in [4.69, 9.17) is 9.47 Å². The molecule has 1 aliphatic carbocycles. The number of likely N-dealkylation sites (tertiary alicyclic amines) is 1. The quantitative estimate of drug-likeness (QED) is 0.530. The number of nitrogens with one attached hydrogen (secondary N) is 2. The van der Waals surface area contributed by atoms with Gasteiger partial charge in [-0.2, -0.15) is 0 Å². The molecule has 3 aliphatic rings. The number of esters is 1. The van der Waals surface area contributed by atoms with Gasteiger partial charge in [-0.15, -0.1) is 0 Å². The molecule has 2 fully saturated rings. The highest BCUT2D eigenvalue weighted by molar-refractivity contribution is 5.76. The van der Waals surface area contributed by atoms with Gasteiger partial charge in [0.2, 0.25) is 0 Å². The maximum absolute atomic E-state index is 12.4. The summed E-state index contributed by atoms with van der Waals surface area (Å²) in [5.41, 5.74) is 9.35. The zero-order chi connectivity index (χ0) is 22.3. The molecule has 2 aliphatic heterocycles. The highest BCUT2D eigenvalue weighted by Gasteiger charge is 2.36. The second kappa shape index (κ2) is 11.6. The number of hydrogen-bond donors (Lipinski definition) is 2. The van der Waals surface area contributed by atoms with Crippen LogP contribution in [0.2, 0.25) is 0 Å². The third-order valence-electron chi connectivity index (χ3n) is 7.35. The summed E-state index contributed by atoms with van der Waals surface area (Å²) in [6.07, 6.45) is 4.93. The summed E-state index contributed by atoms with van der Waals surface area (Å²) in [5, 5.41) is 0. The molecule has 7 heteroatoms. The number of hydrogen-bond acceptors (Lipinski definition) is 7. The van der Waals surface area contributed by atoms with Gasteiger partial charge >= 0.3 is 5.97 Å². The normalized spacial score (nSPS) is 26.5. The van der Waals surface area contributed by atoms with Gasteiger partial charge in [-0.05, 0) is 56.2 Å². The van der Waals surface area contributed by atoms with Gasteiger partial charge in [-0.25, -0.2) is 5.43 Å². The average Bonchev–Trinajstić information content (AvgIpc) is 3.45. The first kappa shape index (κ1) is 23.6. The van der Waals surface area contributed by atoms with Gasteiger partial charge in [-0.3, -0.25) is 15.1 Å². The first-order valence-electron chi connectivity index (χ1n) is 12.3. The molecule has 2 saturated heterocycles. The molecule has 0 amide bonds. The summed E-state index contributed by atoms with van der Waals surface area (Å²) >= 11 is 0. The van der Waals surface area contributed by atoms with Crippen LogP contribution in [0.4, 0.5) is 0 Å². The second-order valence-electron chi connectivity index (χ2n) is 9.60. The number of rotatable bonds is 10. The summed E-state index contributed by atoms with van der Waals surface area (Å²) in [7, 11) is 1.76. The Morgan fingerprint density at radius 3 is 2.72 bits per heavy atom. The van der Waals surface area contributed by atoms with Gasteiger partial charge in [-0.1, -0.05) is 24.3 Å². The van der Waals surface area contributed by atoms with Crippen molar-refractivity contribution in [3.63, 3.8) is 0 Å². The summed E-state index contributed by atoms with van der Waals surface area (Å²) in [5.74, 6) is 0.710. The monoisotopic (exact) mass is 444 g/mol. The third kappa shape index (κ3) is 5.88.